The van der Waals surface area contributed by atoms with Gasteiger partial charge >= 0.3 is 0 Å². The van der Waals surface area contributed by atoms with Crippen LogP contribution in [0.15, 0.2) is 42.5 Å². The van der Waals surface area contributed by atoms with Gasteiger partial charge in [0.05, 0.1) is 24.2 Å². The van der Waals surface area contributed by atoms with Crippen LogP contribution in [0.1, 0.15) is 28.9 Å². The Morgan fingerprint density at radius 3 is 2.67 bits per heavy atom. The van der Waals surface area contributed by atoms with Crippen LogP contribution in [0.25, 0.3) is 10.9 Å². The Kier molecular flexibility index (Phi) is 6.50. The molecule has 1 aliphatic rings. The van der Waals surface area contributed by atoms with Crippen molar-refractivity contribution in [3.05, 3.63) is 58.7 Å². The van der Waals surface area contributed by atoms with E-state index >= 15 is 0 Å². The van der Waals surface area contributed by atoms with E-state index in [1.807, 2.05) is 6.07 Å². The van der Waals surface area contributed by atoms with E-state index in [-0.39, 0.29) is 43.2 Å². The van der Waals surface area contributed by atoms with Gasteiger partial charge in [0.1, 0.15) is 12.3 Å². The summed E-state index contributed by atoms with van der Waals surface area (Å²) >= 11 is 6.13. The maximum Gasteiger partial charge on any atom is 0.269 e. The molecular weight excluding hydrogens is 446 g/mol. The number of hydrogen-bond acceptors (Lipinski definition) is 5. The summed E-state index contributed by atoms with van der Waals surface area (Å²) in [4.78, 5) is 39.1. The van der Waals surface area contributed by atoms with E-state index < -0.39 is 5.91 Å². The van der Waals surface area contributed by atoms with E-state index in [2.05, 4.69) is 10.4 Å². The van der Waals surface area contributed by atoms with E-state index in [0.29, 0.717) is 21.7 Å². The fourth-order valence-electron chi connectivity index (χ4n) is 3.78. The molecule has 2 aromatic carbocycles. The molecule has 0 aliphatic heterocycles. The van der Waals surface area contributed by atoms with E-state index in [1.54, 1.807) is 41.3 Å². The molecule has 1 saturated carbocycles. The third-order valence-corrected chi connectivity index (χ3v) is 5.82. The average molecular weight is 470 g/mol. The van der Waals surface area contributed by atoms with Gasteiger partial charge in [-0.1, -0.05) is 41.9 Å². The fraction of sp³-hybridized carbons (Fsp3) is 0.304. The molecule has 0 atom stereocenters. The highest BCUT2D eigenvalue weighted by Crippen LogP contribution is 2.29. The number of amides is 3. The van der Waals surface area contributed by atoms with Crippen LogP contribution in [-0.2, 0) is 22.7 Å². The average Bonchev–Trinajstić information content (AvgIpc) is 3.57. The highest BCUT2D eigenvalue weighted by Gasteiger charge is 2.34. The van der Waals surface area contributed by atoms with Crippen molar-refractivity contribution in [2.45, 2.75) is 32.0 Å². The predicted molar refractivity (Wildman–Crippen MR) is 123 cm³/mol. The number of nitrogens with two attached hydrogens (primary N) is 1. The summed E-state index contributed by atoms with van der Waals surface area (Å²) in [6.07, 6.45) is 1.68. The lowest BCUT2D eigenvalue weighted by Gasteiger charge is -2.22. The predicted octanol–water partition coefficient (Wildman–Crippen LogP) is 2.10. The molecule has 0 bridgehead atoms. The van der Waals surface area contributed by atoms with Crippen LogP contribution in [0.3, 0.4) is 0 Å². The molecule has 0 unspecified atom stereocenters. The first-order valence-electron chi connectivity index (χ1n) is 10.5. The molecule has 0 saturated heterocycles. The Bertz CT molecular complexity index is 1220. The van der Waals surface area contributed by atoms with Gasteiger partial charge in [0.25, 0.3) is 5.91 Å². The van der Waals surface area contributed by atoms with Crippen molar-refractivity contribution in [3.8, 4) is 5.75 Å². The minimum atomic E-state index is -0.660. The monoisotopic (exact) mass is 469 g/mol. The lowest BCUT2D eigenvalue weighted by Crippen LogP contribution is -2.43. The first-order valence-corrected chi connectivity index (χ1v) is 10.9. The molecule has 9 nitrogen and oxygen atoms in total. The van der Waals surface area contributed by atoms with E-state index in [1.165, 1.54) is 11.8 Å². The number of methoxy groups -OCH3 is 1. The maximum atomic E-state index is 13.1. The Balaban J connectivity index is 1.45. The number of ether oxygens (including phenoxy) is 1. The fourth-order valence-corrected chi connectivity index (χ4v) is 4.05. The van der Waals surface area contributed by atoms with Crippen LogP contribution in [0, 0.1) is 0 Å². The van der Waals surface area contributed by atoms with Crippen molar-refractivity contribution >= 4 is 40.2 Å². The summed E-state index contributed by atoms with van der Waals surface area (Å²) in [5.41, 5.74) is 6.93. The minimum Gasteiger partial charge on any atom is -0.495 e. The third-order valence-electron chi connectivity index (χ3n) is 5.53. The Labute approximate surface area is 195 Å². The zero-order chi connectivity index (χ0) is 23.5. The van der Waals surface area contributed by atoms with Gasteiger partial charge in [0, 0.05) is 23.5 Å². The van der Waals surface area contributed by atoms with Gasteiger partial charge in [-0.3, -0.25) is 19.1 Å². The second-order valence-corrected chi connectivity index (χ2v) is 8.26. The summed E-state index contributed by atoms with van der Waals surface area (Å²) in [5.74, 6) is -0.699. The van der Waals surface area contributed by atoms with E-state index in [4.69, 9.17) is 22.1 Å². The molecule has 1 aliphatic carbocycles. The zero-order valence-corrected chi connectivity index (χ0v) is 18.8. The summed E-state index contributed by atoms with van der Waals surface area (Å²) in [7, 11) is 1.52. The van der Waals surface area contributed by atoms with Crippen molar-refractivity contribution in [1.29, 1.82) is 0 Å². The van der Waals surface area contributed by atoms with Crippen LogP contribution in [0.4, 0.5) is 0 Å². The second-order valence-electron chi connectivity index (χ2n) is 7.85. The standard InChI is InChI=1S/C23H24ClN5O4/c1-33-22-14(5-4-7-17(22)24)11-26-19(30)12-28(15-9-10-15)20(31)13-29-18-8-3-2-6-16(18)21(27-29)23(25)32/h2-8,15H,9-13H2,1H3,(H2,25,32)(H,26,30). The van der Waals surface area contributed by atoms with Crippen molar-refractivity contribution in [2.75, 3.05) is 13.7 Å². The van der Waals surface area contributed by atoms with Gasteiger partial charge in [0.2, 0.25) is 11.8 Å². The Morgan fingerprint density at radius 1 is 1.21 bits per heavy atom. The van der Waals surface area contributed by atoms with Gasteiger partial charge < -0.3 is 20.7 Å². The number of carbonyl (C=O) groups is 3. The first-order chi connectivity index (χ1) is 15.9. The lowest BCUT2D eigenvalue weighted by molar-refractivity contribution is -0.137. The van der Waals surface area contributed by atoms with E-state index in [9.17, 15) is 14.4 Å². The number of para-hydroxylation sites is 2. The zero-order valence-electron chi connectivity index (χ0n) is 18.1. The molecule has 1 fully saturated rings. The molecule has 10 heteroatoms. The van der Waals surface area contributed by atoms with Crippen LogP contribution >= 0.6 is 11.6 Å². The van der Waals surface area contributed by atoms with Gasteiger partial charge in [-0.05, 0) is 25.0 Å². The summed E-state index contributed by atoms with van der Waals surface area (Å²) in [6.45, 7) is 0.0506. The molecule has 3 N–H and O–H groups in total. The first kappa shape index (κ1) is 22.6. The van der Waals surface area contributed by atoms with Crippen molar-refractivity contribution in [2.24, 2.45) is 5.73 Å². The number of halogens is 1. The van der Waals surface area contributed by atoms with Gasteiger partial charge in [-0.15, -0.1) is 0 Å². The number of primary amides is 1. The number of nitrogens with zero attached hydrogens (tertiary/aromatic N) is 3. The molecular formula is C23H24ClN5O4. The lowest BCUT2D eigenvalue weighted by atomic mass is 10.2. The molecule has 33 heavy (non-hydrogen) atoms. The topological polar surface area (TPSA) is 120 Å². The number of rotatable bonds is 9. The number of benzene rings is 2. The summed E-state index contributed by atoms with van der Waals surface area (Å²) < 4.78 is 6.77. The molecule has 1 aromatic heterocycles. The number of aromatic nitrogens is 2. The highest BCUT2D eigenvalue weighted by molar-refractivity contribution is 6.32. The van der Waals surface area contributed by atoms with Crippen molar-refractivity contribution in [3.63, 3.8) is 0 Å². The van der Waals surface area contributed by atoms with Crippen LogP contribution < -0.4 is 15.8 Å². The van der Waals surface area contributed by atoms with Gasteiger partial charge in [-0.2, -0.15) is 5.10 Å². The second kappa shape index (κ2) is 9.50. The summed E-state index contributed by atoms with van der Waals surface area (Å²) in [5, 5.41) is 8.11. The molecule has 3 amide bonds. The quantitative estimate of drug-likeness (QED) is 0.497. The van der Waals surface area contributed by atoms with Gasteiger partial charge in [-0.25, -0.2) is 0 Å². The summed E-state index contributed by atoms with van der Waals surface area (Å²) in [6, 6.07) is 12.4. The molecule has 4 rings (SSSR count). The number of hydrogen-bond donors (Lipinski definition) is 2. The third kappa shape index (κ3) is 4.93. The molecule has 3 aromatic rings. The smallest absolute Gasteiger partial charge is 0.269 e. The number of fused-ring (bicyclic) bond motifs is 1. The van der Waals surface area contributed by atoms with Crippen LogP contribution in [-0.4, -0.2) is 52.1 Å². The van der Waals surface area contributed by atoms with Crippen molar-refractivity contribution in [1.82, 2.24) is 20.0 Å². The maximum absolute atomic E-state index is 13.1. The SMILES string of the molecule is COc1c(Cl)cccc1CNC(=O)CN(C(=O)Cn1nc(C(N)=O)c2ccccc21)C1CC1. The highest BCUT2D eigenvalue weighted by atomic mass is 35.5. The largest absolute Gasteiger partial charge is 0.495 e. The number of carbonyl (C=O) groups excluding carboxylic acids is 3. The normalized spacial score (nSPS) is 13.0. The minimum absolute atomic E-state index is 0.0152. The molecule has 0 spiro atoms. The molecule has 172 valence electrons. The van der Waals surface area contributed by atoms with Crippen LogP contribution in [0.5, 0.6) is 5.75 Å². The van der Waals surface area contributed by atoms with Crippen molar-refractivity contribution < 1.29 is 19.1 Å². The van der Waals surface area contributed by atoms with Gasteiger partial charge in [0.15, 0.2) is 5.69 Å². The molecule has 0 radical (unpaired) electrons. The Morgan fingerprint density at radius 2 is 1.97 bits per heavy atom. The Hall–Kier alpha value is -3.59. The molecule has 1 heterocycles. The van der Waals surface area contributed by atoms with E-state index in [0.717, 1.165) is 18.4 Å². The number of nitrogens with one attached hydrogen (secondary N) is 1. The van der Waals surface area contributed by atoms with Crippen LogP contribution in [0.2, 0.25) is 5.02 Å².